The number of ether oxygens (including phenoxy) is 1. The first-order chi connectivity index (χ1) is 10.7. The molecule has 1 aliphatic rings. The zero-order chi connectivity index (χ0) is 17.5. The quantitative estimate of drug-likeness (QED) is 0.524. The summed E-state index contributed by atoms with van der Waals surface area (Å²) in [7, 11) is 0. The van der Waals surface area contributed by atoms with Gasteiger partial charge in [-0.2, -0.15) is 0 Å². The number of allylic oxidation sites excluding steroid dienone is 5. The predicted molar refractivity (Wildman–Crippen MR) is 98.6 cm³/mol. The molecular formula is C21H28O2. The summed E-state index contributed by atoms with van der Waals surface area (Å²) in [5.41, 5.74) is 3.66. The van der Waals surface area contributed by atoms with Gasteiger partial charge in [-0.15, -0.1) is 0 Å². The molecule has 1 heterocycles. The lowest BCUT2D eigenvalue weighted by molar-refractivity contribution is -0.112. The molecule has 0 amide bonds. The summed E-state index contributed by atoms with van der Waals surface area (Å²) in [5, 5.41) is 0. The standard InChI is InChI=1S/C13H16O.C8H12O/c1-10-8-13(2,3)9-14-12-7-5-4-6-11(10)12;1-4-5-7(2)6-8(3)9/h4-8H,9H2,1-3H3;4-6H,1-3H3/b;5-4+,7-6+. The highest BCUT2D eigenvalue weighted by Crippen LogP contribution is 2.34. The zero-order valence-corrected chi connectivity index (χ0v) is 15.1. The van der Waals surface area contributed by atoms with Crippen molar-refractivity contribution >= 4 is 11.4 Å². The maximum Gasteiger partial charge on any atom is 0.152 e. The average Bonchev–Trinajstić information content (AvgIpc) is 2.56. The predicted octanol–water partition coefficient (Wildman–Crippen LogP) is 5.61. The van der Waals surface area contributed by atoms with Crippen molar-refractivity contribution < 1.29 is 9.53 Å². The number of fused-ring (bicyclic) bond motifs is 1. The Morgan fingerprint density at radius 1 is 1.22 bits per heavy atom. The highest BCUT2D eigenvalue weighted by Gasteiger charge is 2.21. The molecule has 0 bridgehead atoms. The van der Waals surface area contributed by atoms with Crippen LogP contribution in [-0.2, 0) is 4.79 Å². The van der Waals surface area contributed by atoms with E-state index in [-0.39, 0.29) is 11.2 Å². The Balaban J connectivity index is 0.000000257. The van der Waals surface area contributed by atoms with E-state index >= 15 is 0 Å². The second-order valence-corrected chi connectivity index (χ2v) is 6.60. The molecule has 2 nitrogen and oxygen atoms in total. The lowest BCUT2D eigenvalue weighted by Crippen LogP contribution is -2.17. The van der Waals surface area contributed by atoms with Crippen LogP contribution in [0.4, 0.5) is 0 Å². The van der Waals surface area contributed by atoms with E-state index in [0.29, 0.717) is 0 Å². The minimum absolute atomic E-state index is 0.102. The number of hydrogen-bond donors (Lipinski definition) is 0. The van der Waals surface area contributed by atoms with E-state index in [1.165, 1.54) is 11.1 Å². The first-order valence-electron chi connectivity index (χ1n) is 7.98. The van der Waals surface area contributed by atoms with Crippen molar-refractivity contribution in [3.05, 3.63) is 59.7 Å². The molecule has 0 atom stereocenters. The van der Waals surface area contributed by atoms with Gasteiger partial charge < -0.3 is 4.74 Å². The maximum absolute atomic E-state index is 10.4. The Hall–Kier alpha value is -2.09. The summed E-state index contributed by atoms with van der Waals surface area (Å²) < 4.78 is 5.78. The third kappa shape index (κ3) is 6.68. The van der Waals surface area contributed by atoms with Crippen LogP contribution in [0.1, 0.15) is 47.1 Å². The summed E-state index contributed by atoms with van der Waals surface area (Å²) in [6, 6.07) is 8.22. The number of ketones is 1. The Morgan fingerprint density at radius 2 is 1.87 bits per heavy atom. The molecule has 1 aromatic rings. The summed E-state index contributed by atoms with van der Waals surface area (Å²) in [6.07, 6.45) is 7.72. The van der Waals surface area contributed by atoms with Crippen LogP contribution < -0.4 is 4.74 Å². The largest absolute Gasteiger partial charge is 0.492 e. The van der Waals surface area contributed by atoms with E-state index in [2.05, 4.69) is 39.0 Å². The Bertz CT molecular complexity index is 631. The Kier molecular flexibility index (Phi) is 7.02. The molecule has 0 saturated heterocycles. The number of carbonyl (C=O) groups excluding carboxylic acids is 1. The summed E-state index contributed by atoms with van der Waals surface area (Å²) in [6.45, 7) is 12.7. The normalized spacial score (nSPS) is 16.4. The fourth-order valence-corrected chi connectivity index (χ4v) is 2.52. The number of hydrogen-bond acceptors (Lipinski definition) is 2. The van der Waals surface area contributed by atoms with Gasteiger partial charge >= 0.3 is 0 Å². The van der Waals surface area contributed by atoms with Gasteiger partial charge in [0.05, 0.1) is 6.61 Å². The summed E-state index contributed by atoms with van der Waals surface area (Å²) in [5.74, 6) is 1.11. The monoisotopic (exact) mass is 312 g/mol. The molecule has 0 N–H and O–H groups in total. The van der Waals surface area contributed by atoms with Crippen LogP contribution in [0, 0.1) is 5.41 Å². The first kappa shape index (κ1) is 19.0. The van der Waals surface area contributed by atoms with Crippen molar-refractivity contribution in [2.45, 2.75) is 41.5 Å². The fourth-order valence-electron chi connectivity index (χ4n) is 2.52. The van der Waals surface area contributed by atoms with Gasteiger partial charge in [0, 0.05) is 11.0 Å². The molecule has 0 aliphatic carbocycles. The number of rotatable bonds is 2. The minimum atomic E-state index is 0.102. The molecule has 0 radical (unpaired) electrons. The van der Waals surface area contributed by atoms with Crippen LogP contribution >= 0.6 is 0 Å². The van der Waals surface area contributed by atoms with E-state index < -0.39 is 0 Å². The van der Waals surface area contributed by atoms with Crippen molar-refractivity contribution in [2.75, 3.05) is 6.61 Å². The Labute approximate surface area is 140 Å². The number of carbonyl (C=O) groups is 1. The SMILES string of the molecule is C/C=C/C(C)=C/C(C)=O.CC1=CC(C)(C)COc2ccccc21. The molecule has 0 saturated carbocycles. The van der Waals surface area contributed by atoms with Crippen molar-refractivity contribution in [3.63, 3.8) is 0 Å². The highest BCUT2D eigenvalue weighted by molar-refractivity contribution is 5.88. The second-order valence-electron chi connectivity index (χ2n) is 6.60. The van der Waals surface area contributed by atoms with Gasteiger partial charge in [0.1, 0.15) is 5.75 Å². The van der Waals surface area contributed by atoms with Gasteiger partial charge in [-0.25, -0.2) is 0 Å². The van der Waals surface area contributed by atoms with E-state index in [1.807, 2.05) is 38.1 Å². The molecule has 1 aromatic carbocycles. The molecular weight excluding hydrogens is 284 g/mol. The number of benzene rings is 1. The van der Waals surface area contributed by atoms with E-state index in [1.54, 1.807) is 13.0 Å². The smallest absolute Gasteiger partial charge is 0.152 e. The van der Waals surface area contributed by atoms with Crippen molar-refractivity contribution in [1.82, 2.24) is 0 Å². The number of para-hydroxylation sites is 1. The maximum atomic E-state index is 10.4. The van der Waals surface area contributed by atoms with Crippen molar-refractivity contribution in [3.8, 4) is 5.75 Å². The van der Waals surface area contributed by atoms with Gasteiger partial charge in [-0.1, -0.05) is 50.3 Å². The van der Waals surface area contributed by atoms with Crippen molar-refractivity contribution in [1.29, 1.82) is 0 Å². The summed E-state index contributed by atoms with van der Waals surface area (Å²) in [4.78, 5) is 10.4. The molecule has 0 spiro atoms. The molecule has 124 valence electrons. The lowest BCUT2D eigenvalue weighted by Gasteiger charge is -2.18. The molecule has 2 heteroatoms. The van der Waals surface area contributed by atoms with Crippen LogP contribution in [-0.4, -0.2) is 12.4 Å². The second kappa shape index (κ2) is 8.52. The molecule has 0 unspecified atom stereocenters. The van der Waals surface area contributed by atoms with Gasteiger partial charge in [0.2, 0.25) is 0 Å². The topological polar surface area (TPSA) is 26.3 Å². The van der Waals surface area contributed by atoms with Gasteiger partial charge in [0.15, 0.2) is 5.78 Å². The molecule has 0 fully saturated rings. The van der Waals surface area contributed by atoms with Gasteiger partial charge in [0.25, 0.3) is 0 Å². The first-order valence-corrected chi connectivity index (χ1v) is 7.98. The van der Waals surface area contributed by atoms with E-state index in [4.69, 9.17) is 4.74 Å². The van der Waals surface area contributed by atoms with Crippen LogP contribution in [0.2, 0.25) is 0 Å². The van der Waals surface area contributed by atoms with E-state index in [0.717, 1.165) is 17.9 Å². The highest BCUT2D eigenvalue weighted by atomic mass is 16.5. The van der Waals surface area contributed by atoms with Gasteiger partial charge in [-0.3, -0.25) is 4.79 Å². The van der Waals surface area contributed by atoms with Crippen LogP contribution in [0.5, 0.6) is 5.75 Å². The van der Waals surface area contributed by atoms with Crippen molar-refractivity contribution in [2.24, 2.45) is 5.41 Å². The third-order valence-corrected chi connectivity index (χ3v) is 3.38. The lowest BCUT2D eigenvalue weighted by atomic mass is 9.91. The molecule has 2 rings (SSSR count). The van der Waals surface area contributed by atoms with Crippen LogP contribution in [0.15, 0.2) is 54.1 Å². The molecule has 0 aromatic heterocycles. The van der Waals surface area contributed by atoms with Gasteiger partial charge in [-0.05, 0) is 51.0 Å². The molecule has 1 aliphatic heterocycles. The summed E-state index contributed by atoms with van der Waals surface area (Å²) >= 11 is 0. The Morgan fingerprint density at radius 3 is 2.48 bits per heavy atom. The van der Waals surface area contributed by atoms with E-state index in [9.17, 15) is 4.79 Å². The zero-order valence-electron chi connectivity index (χ0n) is 15.1. The minimum Gasteiger partial charge on any atom is -0.492 e. The van der Waals surface area contributed by atoms with Crippen LogP contribution in [0.25, 0.3) is 5.57 Å². The van der Waals surface area contributed by atoms with Crippen LogP contribution in [0.3, 0.4) is 0 Å². The third-order valence-electron chi connectivity index (χ3n) is 3.38. The molecule has 23 heavy (non-hydrogen) atoms. The fraction of sp³-hybridized carbons (Fsp3) is 0.381. The average molecular weight is 312 g/mol.